The zero-order valence-electron chi connectivity index (χ0n) is 11.0. The first kappa shape index (κ1) is 14.7. The molecule has 0 saturated heterocycles. The molecule has 4 heteroatoms. The molecule has 1 aromatic rings. The van der Waals surface area contributed by atoms with Crippen LogP contribution >= 0.6 is 11.3 Å². The van der Waals surface area contributed by atoms with E-state index in [0.29, 0.717) is 16.4 Å². The number of thiophene rings is 1. The monoisotopic (exact) mass is 265 g/mol. The van der Waals surface area contributed by atoms with Gasteiger partial charge >= 0.3 is 0 Å². The highest BCUT2D eigenvalue weighted by atomic mass is 32.1. The molecule has 1 rings (SSSR count). The highest BCUT2D eigenvalue weighted by Crippen LogP contribution is 2.17. The van der Waals surface area contributed by atoms with Gasteiger partial charge in [0.25, 0.3) is 5.91 Å². The topological polar surface area (TPSA) is 49.3 Å². The maximum absolute atomic E-state index is 12.1. The van der Waals surface area contributed by atoms with E-state index in [1.807, 2.05) is 12.3 Å². The van der Waals surface area contributed by atoms with Crippen molar-refractivity contribution in [2.24, 2.45) is 5.92 Å². The average Bonchev–Trinajstić information content (AvgIpc) is 2.83. The van der Waals surface area contributed by atoms with Crippen LogP contribution in [0.2, 0.25) is 0 Å². The van der Waals surface area contributed by atoms with E-state index >= 15 is 0 Å². The molecule has 1 aromatic heterocycles. The van der Waals surface area contributed by atoms with Gasteiger partial charge in [-0.05, 0) is 24.3 Å². The maximum Gasteiger partial charge on any atom is 0.262 e. The van der Waals surface area contributed by atoms with Gasteiger partial charge in [-0.25, -0.2) is 0 Å². The van der Waals surface area contributed by atoms with Crippen LogP contribution in [0.25, 0.3) is 0 Å². The van der Waals surface area contributed by atoms with Crippen LogP contribution in [0.4, 0.5) is 0 Å². The molecule has 1 amide bonds. The molecule has 0 fully saturated rings. The molecule has 2 atom stereocenters. The van der Waals surface area contributed by atoms with Gasteiger partial charge < -0.3 is 10.4 Å². The van der Waals surface area contributed by atoms with E-state index in [2.05, 4.69) is 31.0 Å². The van der Waals surface area contributed by atoms with Gasteiger partial charge in [-0.1, -0.05) is 32.1 Å². The summed E-state index contributed by atoms with van der Waals surface area (Å²) in [5, 5.41) is 13.5. The number of amides is 1. The number of rotatable bonds is 4. The summed E-state index contributed by atoms with van der Waals surface area (Å²) in [4.78, 5) is 12.7. The molecule has 0 bridgehead atoms. The van der Waals surface area contributed by atoms with Crippen molar-refractivity contribution in [2.75, 3.05) is 6.61 Å². The molecule has 1 heterocycles. The lowest BCUT2D eigenvalue weighted by Crippen LogP contribution is -2.36. The van der Waals surface area contributed by atoms with Gasteiger partial charge in [0.1, 0.15) is 11.5 Å². The van der Waals surface area contributed by atoms with Crippen molar-refractivity contribution in [3.05, 3.63) is 21.9 Å². The Hall–Kier alpha value is -1.31. The number of hydrogen-bond donors (Lipinski definition) is 2. The van der Waals surface area contributed by atoms with Crippen molar-refractivity contribution < 1.29 is 9.90 Å². The van der Waals surface area contributed by atoms with Crippen LogP contribution in [0.5, 0.6) is 0 Å². The predicted molar refractivity (Wildman–Crippen MR) is 74.7 cm³/mol. The van der Waals surface area contributed by atoms with Gasteiger partial charge in [-0.15, -0.1) is 11.3 Å². The van der Waals surface area contributed by atoms with Crippen molar-refractivity contribution in [3.63, 3.8) is 0 Å². The summed E-state index contributed by atoms with van der Waals surface area (Å²) in [5.74, 6) is 5.72. The fraction of sp³-hybridized carbons (Fsp3) is 0.500. The van der Waals surface area contributed by atoms with E-state index in [9.17, 15) is 4.79 Å². The first-order valence-electron chi connectivity index (χ1n) is 6.08. The van der Waals surface area contributed by atoms with Gasteiger partial charge in [0, 0.05) is 11.6 Å². The van der Waals surface area contributed by atoms with Gasteiger partial charge in [-0.2, -0.15) is 0 Å². The highest BCUT2D eigenvalue weighted by molar-refractivity contribution is 7.12. The van der Waals surface area contributed by atoms with Crippen LogP contribution in [0, 0.1) is 17.8 Å². The second-order valence-corrected chi connectivity index (χ2v) is 5.19. The van der Waals surface area contributed by atoms with Crippen molar-refractivity contribution in [1.29, 1.82) is 0 Å². The van der Waals surface area contributed by atoms with E-state index < -0.39 is 0 Å². The molecule has 0 aliphatic carbocycles. The summed E-state index contributed by atoms with van der Waals surface area (Å²) in [7, 11) is 0. The Morgan fingerprint density at radius 1 is 1.56 bits per heavy atom. The molecule has 2 unspecified atom stereocenters. The molecule has 2 N–H and O–H groups in total. The van der Waals surface area contributed by atoms with Crippen LogP contribution < -0.4 is 5.32 Å². The third-order valence-corrected chi connectivity index (χ3v) is 3.94. The molecule has 0 radical (unpaired) electrons. The van der Waals surface area contributed by atoms with Crippen LogP contribution in [0.3, 0.4) is 0 Å². The third kappa shape index (κ3) is 3.86. The zero-order valence-corrected chi connectivity index (χ0v) is 11.8. The number of nitrogens with one attached hydrogen (secondary N) is 1. The molecule has 3 nitrogen and oxygen atoms in total. The van der Waals surface area contributed by atoms with Gasteiger partial charge in [0.2, 0.25) is 0 Å². The number of aliphatic hydroxyl groups is 1. The highest BCUT2D eigenvalue weighted by Gasteiger charge is 2.17. The summed E-state index contributed by atoms with van der Waals surface area (Å²) in [6, 6.07) is 1.94. The predicted octanol–water partition coefficient (Wildman–Crippen LogP) is 2.26. The minimum absolute atomic E-state index is 0.0833. The van der Waals surface area contributed by atoms with E-state index in [1.54, 1.807) is 6.07 Å². The second-order valence-electron chi connectivity index (χ2n) is 4.27. The van der Waals surface area contributed by atoms with Crippen molar-refractivity contribution >= 4 is 17.2 Å². The lowest BCUT2D eigenvalue weighted by Gasteiger charge is -2.19. The summed E-state index contributed by atoms with van der Waals surface area (Å²) in [5.41, 5.74) is 0.683. The molecule has 18 heavy (non-hydrogen) atoms. The van der Waals surface area contributed by atoms with Crippen molar-refractivity contribution in [2.45, 2.75) is 33.2 Å². The normalized spacial score (nSPS) is 13.3. The first-order chi connectivity index (χ1) is 8.60. The van der Waals surface area contributed by atoms with Gasteiger partial charge in [0.05, 0.1) is 0 Å². The zero-order chi connectivity index (χ0) is 13.5. The Bertz CT molecular complexity index is 456. The van der Waals surface area contributed by atoms with Crippen molar-refractivity contribution in [3.8, 4) is 11.8 Å². The van der Waals surface area contributed by atoms with Crippen LogP contribution in [-0.2, 0) is 0 Å². The Kier molecular flexibility index (Phi) is 5.90. The fourth-order valence-corrected chi connectivity index (χ4v) is 2.24. The number of carbonyl (C=O) groups excluding carboxylic acids is 1. The molecule has 0 aliphatic rings. The van der Waals surface area contributed by atoms with E-state index in [-0.39, 0.29) is 18.6 Å². The first-order valence-corrected chi connectivity index (χ1v) is 6.96. The van der Waals surface area contributed by atoms with Crippen LogP contribution in [0.1, 0.15) is 42.4 Å². The number of aliphatic hydroxyl groups excluding tert-OH is 1. The molecule has 0 saturated carbocycles. The number of hydrogen-bond acceptors (Lipinski definition) is 3. The molecule has 0 aliphatic heterocycles. The minimum atomic E-state index is -0.194. The Morgan fingerprint density at radius 2 is 2.28 bits per heavy atom. The standard InChI is InChI=1S/C14H19NO2S/c1-4-10(2)11(3)15-14(17)13-12(6-5-8-16)7-9-18-13/h7,9-11,16H,4,8H2,1-3H3,(H,15,17). The smallest absolute Gasteiger partial charge is 0.262 e. The molecule has 0 aromatic carbocycles. The summed E-state index contributed by atoms with van der Waals surface area (Å²) < 4.78 is 0. The van der Waals surface area contributed by atoms with E-state index in [0.717, 1.165) is 6.42 Å². The van der Waals surface area contributed by atoms with Crippen LogP contribution in [-0.4, -0.2) is 23.7 Å². The lowest BCUT2D eigenvalue weighted by atomic mass is 10.0. The molecular formula is C14H19NO2S. The third-order valence-electron chi connectivity index (χ3n) is 3.03. The maximum atomic E-state index is 12.1. The van der Waals surface area contributed by atoms with Crippen molar-refractivity contribution in [1.82, 2.24) is 5.32 Å². The average molecular weight is 265 g/mol. The van der Waals surface area contributed by atoms with E-state index in [1.165, 1.54) is 11.3 Å². The Labute approximate surface area is 112 Å². The largest absolute Gasteiger partial charge is 0.384 e. The lowest BCUT2D eigenvalue weighted by molar-refractivity contribution is 0.0932. The Balaban J connectivity index is 2.76. The molecule has 98 valence electrons. The molecular weight excluding hydrogens is 246 g/mol. The van der Waals surface area contributed by atoms with Crippen LogP contribution in [0.15, 0.2) is 11.4 Å². The Morgan fingerprint density at radius 3 is 2.89 bits per heavy atom. The number of carbonyl (C=O) groups is 1. The van der Waals surface area contributed by atoms with E-state index in [4.69, 9.17) is 5.11 Å². The minimum Gasteiger partial charge on any atom is -0.384 e. The van der Waals surface area contributed by atoms with Gasteiger partial charge in [0.15, 0.2) is 0 Å². The summed E-state index contributed by atoms with van der Waals surface area (Å²) >= 11 is 1.37. The SMILES string of the molecule is CCC(C)C(C)NC(=O)c1sccc1C#CCO. The molecule has 0 spiro atoms. The summed E-state index contributed by atoms with van der Waals surface area (Å²) in [6.07, 6.45) is 1.03. The second kappa shape index (κ2) is 7.20. The summed E-state index contributed by atoms with van der Waals surface area (Å²) in [6.45, 7) is 6.04. The quantitative estimate of drug-likeness (QED) is 0.820. The fourth-order valence-electron chi connectivity index (χ4n) is 1.49. The van der Waals surface area contributed by atoms with Gasteiger partial charge in [-0.3, -0.25) is 4.79 Å².